The SMILES string of the molecule is CCCC(C)CC1(CNC(C)(C)C)CCOC1C. The maximum Gasteiger partial charge on any atom is 0.0616 e. The number of nitrogens with one attached hydrogen (secondary N) is 1. The second-order valence-corrected chi connectivity index (χ2v) is 7.33. The summed E-state index contributed by atoms with van der Waals surface area (Å²) in [5, 5.41) is 3.70. The molecule has 1 aliphatic rings. The fourth-order valence-corrected chi connectivity index (χ4v) is 3.12. The first-order valence-corrected chi connectivity index (χ1v) is 7.66. The first-order valence-electron chi connectivity index (χ1n) is 7.66. The Hall–Kier alpha value is -0.0800. The molecule has 2 heteroatoms. The van der Waals surface area contributed by atoms with Gasteiger partial charge >= 0.3 is 0 Å². The molecule has 108 valence electrons. The van der Waals surface area contributed by atoms with Crippen LogP contribution >= 0.6 is 0 Å². The molecule has 0 spiro atoms. The van der Waals surface area contributed by atoms with Crippen molar-refractivity contribution in [1.82, 2.24) is 5.32 Å². The van der Waals surface area contributed by atoms with Gasteiger partial charge in [-0.25, -0.2) is 0 Å². The van der Waals surface area contributed by atoms with Crippen molar-refractivity contribution in [2.75, 3.05) is 13.2 Å². The van der Waals surface area contributed by atoms with Crippen LogP contribution in [-0.2, 0) is 4.74 Å². The van der Waals surface area contributed by atoms with Crippen molar-refractivity contribution in [2.45, 2.75) is 78.9 Å². The Kier molecular flexibility index (Phi) is 5.67. The highest BCUT2D eigenvalue weighted by molar-refractivity contribution is 4.94. The fourth-order valence-electron chi connectivity index (χ4n) is 3.12. The van der Waals surface area contributed by atoms with Gasteiger partial charge in [-0.1, -0.05) is 26.7 Å². The number of hydrogen-bond acceptors (Lipinski definition) is 2. The summed E-state index contributed by atoms with van der Waals surface area (Å²) in [6.45, 7) is 15.7. The minimum atomic E-state index is 0.198. The maximum absolute atomic E-state index is 5.87. The molecule has 1 rings (SSSR count). The maximum atomic E-state index is 5.87. The smallest absolute Gasteiger partial charge is 0.0616 e. The normalized spacial score (nSPS) is 30.7. The first-order chi connectivity index (χ1) is 8.29. The van der Waals surface area contributed by atoms with E-state index in [0.29, 0.717) is 11.5 Å². The highest BCUT2D eigenvalue weighted by Gasteiger charge is 2.42. The van der Waals surface area contributed by atoms with Crippen LogP contribution < -0.4 is 5.32 Å². The molecule has 1 fully saturated rings. The van der Waals surface area contributed by atoms with Crippen molar-refractivity contribution in [3.8, 4) is 0 Å². The predicted octanol–water partition coefficient (Wildman–Crippen LogP) is 4.00. The van der Waals surface area contributed by atoms with Crippen LogP contribution in [-0.4, -0.2) is 24.8 Å². The van der Waals surface area contributed by atoms with E-state index in [2.05, 4.69) is 46.9 Å². The molecule has 3 atom stereocenters. The van der Waals surface area contributed by atoms with Gasteiger partial charge in [0.15, 0.2) is 0 Å². The summed E-state index contributed by atoms with van der Waals surface area (Å²) in [6.07, 6.45) is 5.53. The van der Waals surface area contributed by atoms with Crippen LogP contribution in [0.1, 0.15) is 67.2 Å². The molecule has 0 saturated carbocycles. The second-order valence-electron chi connectivity index (χ2n) is 7.33. The van der Waals surface area contributed by atoms with Crippen LogP contribution in [0.3, 0.4) is 0 Å². The molecular formula is C16H33NO. The van der Waals surface area contributed by atoms with Gasteiger partial charge in [-0.2, -0.15) is 0 Å². The highest BCUT2D eigenvalue weighted by atomic mass is 16.5. The second kappa shape index (κ2) is 6.38. The van der Waals surface area contributed by atoms with Crippen LogP contribution in [0.2, 0.25) is 0 Å². The zero-order valence-electron chi connectivity index (χ0n) is 13.3. The van der Waals surface area contributed by atoms with Crippen LogP contribution in [0.5, 0.6) is 0 Å². The Morgan fingerprint density at radius 1 is 1.39 bits per heavy atom. The molecule has 0 amide bonds. The van der Waals surface area contributed by atoms with E-state index in [1.807, 2.05) is 0 Å². The van der Waals surface area contributed by atoms with E-state index < -0.39 is 0 Å². The standard InChI is InChI=1S/C16H33NO/c1-7-8-13(2)11-16(9-10-18-14(16)3)12-17-15(4,5)6/h13-14,17H,7-12H2,1-6H3. The van der Waals surface area contributed by atoms with Gasteiger partial charge in [-0.15, -0.1) is 0 Å². The van der Waals surface area contributed by atoms with Crippen LogP contribution in [0.25, 0.3) is 0 Å². The molecule has 1 aliphatic heterocycles. The van der Waals surface area contributed by atoms with Crippen molar-refractivity contribution >= 4 is 0 Å². The van der Waals surface area contributed by atoms with Gasteiger partial charge in [-0.3, -0.25) is 0 Å². The third kappa shape index (κ3) is 4.55. The quantitative estimate of drug-likeness (QED) is 0.774. The summed E-state index contributed by atoms with van der Waals surface area (Å²) >= 11 is 0. The lowest BCUT2D eigenvalue weighted by molar-refractivity contribution is 0.0461. The van der Waals surface area contributed by atoms with E-state index in [0.717, 1.165) is 19.1 Å². The Balaban J connectivity index is 2.64. The molecular weight excluding hydrogens is 222 g/mol. The molecule has 1 heterocycles. The van der Waals surface area contributed by atoms with Crippen molar-refractivity contribution in [1.29, 1.82) is 0 Å². The van der Waals surface area contributed by atoms with Gasteiger partial charge in [0, 0.05) is 24.1 Å². The molecule has 0 aromatic carbocycles. The minimum Gasteiger partial charge on any atom is -0.378 e. The number of ether oxygens (including phenoxy) is 1. The Morgan fingerprint density at radius 2 is 2.06 bits per heavy atom. The Labute approximate surface area is 114 Å². The van der Waals surface area contributed by atoms with Crippen molar-refractivity contribution < 1.29 is 4.74 Å². The van der Waals surface area contributed by atoms with Crippen LogP contribution in [0.15, 0.2) is 0 Å². The molecule has 3 unspecified atom stereocenters. The van der Waals surface area contributed by atoms with Crippen molar-refractivity contribution in [2.24, 2.45) is 11.3 Å². The molecule has 2 nitrogen and oxygen atoms in total. The fraction of sp³-hybridized carbons (Fsp3) is 1.00. The van der Waals surface area contributed by atoms with Gasteiger partial charge in [-0.05, 0) is 46.5 Å². The summed E-state index contributed by atoms with van der Waals surface area (Å²) in [5.74, 6) is 0.806. The molecule has 1 N–H and O–H groups in total. The van der Waals surface area contributed by atoms with Crippen LogP contribution in [0.4, 0.5) is 0 Å². The van der Waals surface area contributed by atoms with E-state index in [1.165, 1.54) is 25.7 Å². The summed E-state index contributed by atoms with van der Waals surface area (Å²) in [7, 11) is 0. The van der Waals surface area contributed by atoms with Crippen molar-refractivity contribution in [3.05, 3.63) is 0 Å². The lowest BCUT2D eigenvalue weighted by atomic mass is 9.73. The minimum absolute atomic E-state index is 0.198. The zero-order valence-corrected chi connectivity index (χ0v) is 13.3. The average Bonchev–Trinajstić information content (AvgIpc) is 2.57. The van der Waals surface area contributed by atoms with E-state index in [-0.39, 0.29) is 5.54 Å². The summed E-state index contributed by atoms with van der Waals surface area (Å²) in [4.78, 5) is 0. The van der Waals surface area contributed by atoms with Gasteiger partial charge < -0.3 is 10.1 Å². The van der Waals surface area contributed by atoms with Gasteiger partial charge in [0.1, 0.15) is 0 Å². The predicted molar refractivity (Wildman–Crippen MR) is 78.9 cm³/mol. The van der Waals surface area contributed by atoms with E-state index >= 15 is 0 Å². The third-order valence-electron chi connectivity index (χ3n) is 4.34. The largest absolute Gasteiger partial charge is 0.378 e. The summed E-state index contributed by atoms with van der Waals surface area (Å²) in [5.41, 5.74) is 0.547. The van der Waals surface area contributed by atoms with Crippen molar-refractivity contribution in [3.63, 3.8) is 0 Å². The zero-order chi connectivity index (χ0) is 13.8. The Morgan fingerprint density at radius 3 is 2.50 bits per heavy atom. The number of hydrogen-bond donors (Lipinski definition) is 1. The van der Waals surface area contributed by atoms with Gasteiger partial charge in [0.05, 0.1) is 6.10 Å². The summed E-state index contributed by atoms with van der Waals surface area (Å²) < 4.78 is 5.87. The van der Waals surface area contributed by atoms with Gasteiger partial charge in [0.2, 0.25) is 0 Å². The van der Waals surface area contributed by atoms with Gasteiger partial charge in [0.25, 0.3) is 0 Å². The first kappa shape index (κ1) is 16.0. The number of rotatable bonds is 6. The molecule has 0 bridgehead atoms. The van der Waals surface area contributed by atoms with E-state index in [1.54, 1.807) is 0 Å². The molecule has 0 aliphatic carbocycles. The monoisotopic (exact) mass is 255 g/mol. The third-order valence-corrected chi connectivity index (χ3v) is 4.34. The van der Waals surface area contributed by atoms with E-state index in [4.69, 9.17) is 4.74 Å². The topological polar surface area (TPSA) is 21.3 Å². The summed E-state index contributed by atoms with van der Waals surface area (Å²) in [6, 6.07) is 0. The molecule has 1 saturated heterocycles. The molecule has 0 radical (unpaired) electrons. The van der Waals surface area contributed by atoms with Crippen LogP contribution in [0, 0.1) is 11.3 Å². The Bertz CT molecular complexity index is 246. The average molecular weight is 255 g/mol. The lowest BCUT2D eigenvalue weighted by Crippen LogP contribution is -2.47. The molecule has 0 aromatic heterocycles. The lowest BCUT2D eigenvalue weighted by Gasteiger charge is -2.37. The molecule has 0 aromatic rings. The highest BCUT2D eigenvalue weighted by Crippen LogP contribution is 2.41. The molecule has 18 heavy (non-hydrogen) atoms. The van der Waals surface area contributed by atoms with E-state index in [9.17, 15) is 0 Å².